The van der Waals surface area contributed by atoms with Crippen LogP contribution in [0.5, 0.6) is 0 Å². The van der Waals surface area contributed by atoms with E-state index in [-0.39, 0.29) is 6.03 Å². The summed E-state index contributed by atoms with van der Waals surface area (Å²) in [7, 11) is 3.44. The van der Waals surface area contributed by atoms with Crippen LogP contribution in [0.15, 0.2) is 0 Å². The van der Waals surface area contributed by atoms with Crippen LogP contribution in [-0.2, 0) is 0 Å². The Bertz CT molecular complexity index is 283. The monoisotopic (exact) mass is 237 g/mol. The summed E-state index contributed by atoms with van der Waals surface area (Å²) in [5.74, 6) is 6.11. The Kier molecular flexibility index (Phi) is 6.49. The maximum Gasteiger partial charge on any atom is 0.317 e. The third-order valence-electron chi connectivity index (χ3n) is 2.86. The lowest BCUT2D eigenvalue weighted by Crippen LogP contribution is -2.34. The molecule has 0 saturated carbocycles. The van der Waals surface area contributed by atoms with Crippen molar-refractivity contribution in [3.05, 3.63) is 0 Å². The van der Waals surface area contributed by atoms with Crippen LogP contribution < -0.4 is 5.32 Å². The van der Waals surface area contributed by atoms with Crippen molar-refractivity contribution < 1.29 is 4.79 Å². The van der Waals surface area contributed by atoms with Crippen molar-refractivity contribution in [1.82, 2.24) is 15.1 Å². The largest absolute Gasteiger partial charge is 0.331 e. The predicted molar refractivity (Wildman–Crippen MR) is 69.8 cm³/mol. The topological polar surface area (TPSA) is 35.6 Å². The average molecular weight is 237 g/mol. The molecule has 1 aliphatic heterocycles. The molecule has 1 fully saturated rings. The van der Waals surface area contributed by atoms with E-state index in [1.807, 2.05) is 0 Å². The number of urea groups is 1. The smallest absolute Gasteiger partial charge is 0.317 e. The molecule has 0 aromatic carbocycles. The molecule has 0 bridgehead atoms. The van der Waals surface area contributed by atoms with Gasteiger partial charge in [-0.2, -0.15) is 0 Å². The van der Waals surface area contributed by atoms with Crippen LogP contribution >= 0.6 is 0 Å². The lowest BCUT2D eigenvalue weighted by molar-refractivity contribution is 0.218. The molecule has 0 radical (unpaired) electrons. The fourth-order valence-electron chi connectivity index (χ4n) is 1.80. The molecule has 96 valence electrons. The van der Waals surface area contributed by atoms with Crippen LogP contribution in [0.4, 0.5) is 4.79 Å². The lowest BCUT2D eigenvalue weighted by Gasteiger charge is -2.15. The molecule has 1 rings (SSSR count). The van der Waals surface area contributed by atoms with Crippen molar-refractivity contribution in [2.24, 2.45) is 0 Å². The molecule has 0 aliphatic carbocycles. The van der Waals surface area contributed by atoms with Gasteiger partial charge in [-0.3, -0.25) is 4.90 Å². The number of hydrogen-bond acceptors (Lipinski definition) is 2. The standard InChI is InChI=1S/C13H23N3O/c1-15(2)13(17)14-9-5-8-12-16-10-6-3-4-7-11-16/h3-4,6-7,9-12H2,1-2H3,(H,14,17). The van der Waals surface area contributed by atoms with Crippen LogP contribution in [0, 0.1) is 11.8 Å². The highest BCUT2D eigenvalue weighted by Gasteiger charge is 2.06. The number of rotatable bonds is 2. The number of hydrogen-bond donors (Lipinski definition) is 1. The van der Waals surface area contributed by atoms with Crippen LogP contribution in [0.25, 0.3) is 0 Å². The van der Waals surface area contributed by atoms with E-state index in [9.17, 15) is 4.79 Å². The minimum Gasteiger partial charge on any atom is -0.331 e. The van der Waals surface area contributed by atoms with Gasteiger partial charge < -0.3 is 10.2 Å². The molecule has 4 nitrogen and oxygen atoms in total. The molecular weight excluding hydrogens is 214 g/mol. The molecular formula is C13H23N3O. The SMILES string of the molecule is CN(C)C(=O)NCC#CCN1CCCCCC1. The van der Waals surface area contributed by atoms with E-state index in [1.54, 1.807) is 14.1 Å². The number of carbonyl (C=O) groups excluding carboxylic acids is 1. The van der Waals surface area contributed by atoms with Crippen molar-refractivity contribution >= 4 is 6.03 Å². The average Bonchev–Trinajstić information content (AvgIpc) is 2.56. The van der Waals surface area contributed by atoms with Crippen molar-refractivity contribution in [3.63, 3.8) is 0 Å². The Morgan fingerprint density at radius 1 is 1.18 bits per heavy atom. The Labute approximate surface area is 104 Å². The van der Waals surface area contributed by atoms with E-state index in [2.05, 4.69) is 22.1 Å². The fraction of sp³-hybridized carbons (Fsp3) is 0.769. The highest BCUT2D eigenvalue weighted by Crippen LogP contribution is 2.08. The summed E-state index contributed by atoms with van der Waals surface area (Å²) in [4.78, 5) is 15.1. The van der Waals surface area contributed by atoms with Crippen LogP contribution in [-0.4, -0.2) is 56.1 Å². The summed E-state index contributed by atoms with van der Waals surface area (Å²) in [5.41, 5.74) is 0. The zero-order valence-corrected chi connectivity index (χ0v) is 11.0. The number of nitrogens with one attached hydrogen (secondary N) is 1. The summed E-state index contributed by atoms with van der Waals surface area (Å²) >= 11 is 0. The van der Waals surface area contributed by atoms with E-state index in [0.29, 0.717) is 6.54 Å². The molecule has 1 aliphatic rings. The van der Waals surface area contributed by atoms with Gasteiger partial charge in [-0.05, 0) is 25.9 Å². The molecule has 17 heavy (non-hydrogen) atoms. The Morgan fingerprint density at radius 2 is 1.82 bits per heavy atom. The van der Waals surface area contributed by atoms with Crippen molar-refractivity contribution in [3.8, 4) is 11.8 Å². The van der Waals surface area contributed by atoms with Gasteiger partial charge in [0, 0.05) is 14.1 Å². The summed E-state index contributed by atoms with van der Waals surface area (Å²) in [6.07, 6.45) is 5.28. The first kappa shape index (κ1) is 13.9. The van der Waals surface area contributed by atoms with Crippen LogP contribution in [0.2, 0.25) is 0 Å². The predicted octanol–water partition coefficient (Wildman–Crippen LogP) is 1.14. The Morgan fingerprint density at radius 3 is 2.41 bits per heavy atom. The third kappa shape index (κ3) is 6.18. The van der Waals surface area contributed by atoms with Gasteiger partial charge in [0.05, 0.1) is 13.1 Å². The number of likely N-dealkylation sites (tertiary alicyclic amines) is 1. The van der Waals surface area contributed by atoms with Crippen LogP contribution in [0.3, 0.4) is 0 Å². The molecule has 0 spiro atoms. The molecule has 0 aromatic heterocycles. The first-order chi connectivity index (χ1) is 8.20. The van der Waals surface area contributed by atoms with Crippen LogP contribution in [0.1, 0.15) is 25.7 Å². The maximum absolute atomic E-state index is 11.2. The summed E-state index contributed by atoms with van der Waals surface area (Å²) in [6.45, 7) is 3.60. The normalized spacial score (nSPS) is 16.6. The van der Waals surface area contributed by atoms with Crippen molar-refractivity contribution in [1.29, 1.82) is 0 Å². The molecule has 0 unspecified atom stereocenters. The summed E-state index contributed by atoms with van der Waals surface area (Å²) in [6, 6.07) is -0.0888. The second kappa shape index (κ2) is 7.97. The van der Waals surface area contributed by atoms with Gasteiger partial charge in [-0.1, -0.05) is 24.7 Å². The van der Waals surface area contributed by atoms with Gasteiger partial charge >= 0.3 is 6.03 Å². The number of nitrogens with zero attached hydrogens (tertiary/aromatic N) is 2. The van der Waals surface area contributed by atoms with E-state index < -0.39 is 0 Å². The summed E-state index contributed by atoms with van der Waals surface area (Å²) in [5, 5.41) is 2.73. The van der Waals surface area contributed by atoms with E-state index in [1.165, 1.54) is 43.7 Å². The Hall–Kier alpha value is -1.21. The zero-order valence-electron chi connectivity index (χ0n) is 11.0. The highest BCUT2D eigenvalue weighted by atomic mass is 16.2. The van der Waals surface area contributed by atoms with Gasteiger partial charge in [0.1, 0.15) is 0 Å². The van der Waals surface area contributed by atoms with E-state index in [0.717, 1.165) is 6.54 Å². The number of carbonyl (C=O) groups is 1. The molecule has 1 heterocycles. The van der Waals surface area contributed by atoms with Gasteiger partial charge in [0.25, 0.3) is 0 Å². The first-order valence-corrected chi connectivity index (χ1v) is 6.33. The maximum atomic E-state index is 11.2. The van der Waals surface area contributed by atoms with Gasteiger partial charge in [-0.15, -0.1) is 0 Å². The van der Waals surface area contributed by atoms with Crippen molar-refractivity contribution in [2.75, 3.05) is 40.3 Å². The quantitative estimate of drug-likeness (QED) is 0.731. The lowest BCUT2D eigenvalue weighted by atomic mass is 10.2. The minimum absolute atomic E-state index is 0.0888. The molecule has 1 N–H and O–H groups in total. The van der Waals surface area contributed by atoms with Gasteiger partial charge in [0.15, 0.2) is 0 Å². The van der Waals surface area contributed by atoms with E-state index in [4.69, 9.17) is 0 Å². The second-order valence-electron chi connectivity index (χ2n) is 4.60. The molecule has 0 aromatic rings. The zero-order chi connectivity index (χ0) is 12.5. The second-order valence-corrected chi connectivity index (χ2v) is 4.60. The molecule has 1 saturated heterocycles. The fourth-order valence-corrected chi connectivity index (χ4v) is 1.80. The summed E-state index contributed by atoms with van der Waals surface area (Å²) < 4.78 is 0. The van der Waals surface area contributed by atoms with Gasteiger partial charge in [0.2, 0.25) is 0 Å². The third-order valence-corrected chi connectivity index (χ3v) is 2.86. The Balaban J connectivity index is 2.14. The molecule has 4 heteroatoms. The molecule has 2 amide bonds. The van der Waals surface area contributed by atoms with E-state index >= 15 is 0 Å². The first-order valence-electron chi connectivity index (χ1n) is 6.33. The highest BCUT2D eigenvalue weighted by molar-refractivity contribution is 5.73. The van der Waals surface area contributed by atoms with Gasteiger partial charge in [-0.25, -0.2) is 4.79 Å². The minimum atomic E-state index is -0.0888. The number of amides is 2. The van der Waals surface area contributed by atoms with Crippen molar-refractivity contribution in [2.45, 2.75) is 25.7 Å². The molecule has 0 atom stereocenters.